The van der Waals surface area contributed by atoms with Gasteiger partial charge in [-0.05, 0) is 60.4 Å². The van der Waals surface area contributed by atoms with Crippen molar-refractivity contribution in [2.45, 2.75) is 33.3 Å². The average molecular weight is 477 g/mol. The Morgan fingerprint density at radius 1 is 1.00 bits per heavy atom. The lowest BCUT2D eigenvalue weighted by Gasteiger charge is -2.19. The van der Waals surface area contributed by atoms with Gasteiger partial charge >= 0.3 is 0 Å². The van der Waals surface area contributed by atoms with Crippen molar-refractivity contribution < 1.29 is 18.6 Å². The molecule has 3 aromatic carbocycles. The fourth-order valence-electron chi connectivity index (χ4n) is 4.30. The summed E-state index contributed by atoms with van der Waals surface area (Å²) in [5, 5.41) is 1.20. The summed E-state index contributed by atoms with van der Waals surface area (Å²) in [6, 6.07) is 16.9. The number of rotatable bonds is 6. The fraction of sp³-hybridized carbons (Fsp3) is 0.250. The van der Waals surface area contributed by atoms with E-state index in [4.69, 9.17) is 30.2 Å². The third kappa shape index (κ3) is 4.36. The Hall–Kier alpha value is -3.44. The van der Waals surface area contributed by atoms with Crippen LogP contribution in [0.1, 0.15) is 30.2 Å². The minimum atomic E-state index is -0.0748. The summed E-state index contributed by atoms with van der Waals surface area (Å²) >= 11 is 6.10. The first-order valence-electron chi connectivity index (χ1n) is 11.4. The molecule has 0 radical (unpaired) electrons. The van der Waals surface area contributed by atoms with Gasteiger partial charge in [-0.3, -0.25) is 4.79 Å². The Labute approximate surface area is 202 Å². The molecule has 0 aliphatic carbocycles. The van der Waals surface area contributed by atoms with Crippen LogP contribution in [0.15, 0.2) is 63.8 Å². The molecule has 0 saturated heterocycles. The molecule has 1 aliphatic heterocycles. The SMILES string of the molecule is CCCc1cc2c(=O)c(-c3ccc4c(c3)OCCO4)c(C)oc2cc1OCc1cccc(Cl)c1. The zero-order chi connectivity index (χ0) is 23.7. The largest absolute Gasteiger partial charge is 0.488 e. The van der Waals surface area contributed by atoms with Gasteiger partial charge in [0.1, 0.15) is 36.9 Å². The molecule has 174 valence electrons. The zero-order valence-electron chi connectivity index (χ0n) is 19.2. The lowest BCUT2D eigenvalue weighted by Crippen LogP contribution is -2.15. The van der Waals surface area contributed by atoms with Crippen LogP contribution in [-0.4, -0.2) is 13.2 Å². The second-order valence-corrected chi connectivity index (χ2v) is 8.78. The van der Waals surface area contributed by atoms with E-state index in [-0.39, 0.29) is 5.43 Å². The van der Waals surface area contributed by atoms with Crippen molar-refractivity contribution in [1.29, 1.82) is 0 Å². The van der Waals surface area contributed by atoms with Gasteiger partial charge in [-0.15, -0.1) is 0 Å². The molecule has 2 heterocycles. The first-order chi connectivity index (χ1) is 16.5. The van der Waals surface area contributed by atoms with Gasteiger partial charge in [0.25, 0.3) is 0 Å². The minimum absolute atomic E-state index is 0.0748. The highest BCUT2D eigenvalue weighted by Gasteiger charge is 2.19. The molecule has 0 bridgehead atoms. The maximum atomic E-state index is 13.6. The van der Waals surface area contributed by atoms with E-state index in [0.717, 1.165) is 29.5 Å². The van der Waals surface area contributed by atoms with Crippen molar-refractivity contribution in [1.82, 2.24) is 0 Å². The van der Waals surface area contributed by atoms with Gasteiger partial charge in [-0.1, -0.05) is 43.1 Å². The molecule has 0 atom stereocenters. The van der Waals surface area contributed by atoms with Crippen LogP contribution in [0.4, 0.5) is 0 Å². The van der Waals surface area contributed by atoms with Crippen LogP contribution in [0, 0.1) is 6.92 Å². The molecule has 0 unspecified atom stereocenters. The first-order valence-corrected chi connectivity index (χ1v) is 11.8. The molecule has 1 aromatic heterocycles. The molecular formula is C28H25ClO5. The first kappa shape index (κ1) is 22.4. The van der Waals surface area contributed by atoms with Crippen LogP contribution in [0.2, 0.25) is 5.02 Å². The highest BCUT2D eigenvalue weighted by molar-refractivity contribution is 6.30. The van der Waals surface area contributed by atoms with Crippen LogP contribution in [0.3, 0.4) is 0 Å². The number of hydrogen-bond acceptors (Lipinski definition) is 5. The maximum absolute atomic E-state index is 13.6. The molecule has 0 spiro atoms. The van der Waals surface area contributed by atoms with E-state index in [2.05, 4.69) is 6.92 Å². The van der Waals surface area contributed by atoms with Crippen molar-refractivity contribution in [3.63, 3.8) is 0 Å². The van der Waals surface area contributed by atoms with Gasteiger partial charge in [-0.25, -0.2) is 0 Å². The quantitative estimate of drug-likeness (QED) is 0.309. The second-order valence-electron chi connectivity index (χ2n) is 8.35. The summed E-state index contributed by atoms with van der Waals surface area (Å²) in [4.78, 5) is 13.6. The van der Waals surface area contributed by atoms with E-state index in [0.29, 0.717) is 64.4 Å². The van der Waals surface area contributed by atoms with Gasteiger partial charge < -0.3 is 18.6 Å². The standard InChI is InChI=1S/C28H25ClO5/c1-3-5-19-13-22-25(15-24(19)33-16-18-6-4-7-21(29)12-18)34-17(2)27(28(22)30)20-8-9-23-26(14-20)32-11-10-31-23/h4,6-9,12-15H,3,5,10-11,16H2,1-2H3. The molecule has 5 rings (SSSR count). The zero-order valence-corrected chi connectivity index (χ0v) is 19.9. The Bertz CT molecular complexity index is 1420. The Morgan fingerprint density at radius 2 is 1.82 bits per heavy atom. The molecule has 0 saturated carbocycles. The summed E-state index contributed by atoms with van der Waals surface area (Å²) in [6.45, 7) is 5.29. The van der Waals surface area contributed by atoms with Gasteiger partial charge in [0.2, 0.25) is 5.43 Å². The lowest BCUT2D eigenvalue weighted by atomic mass is 9.99. The van der Waals surface area contributed by atoms with Gasteiger partial charge in [0.05, 0.1) is 10.9 Å². The summed E-state index contributed by atoms with van der Waals surface area (Å²) in [5.41, 5.74) is 3.65. The van der Waals surface area contributed by atoms with Crippen molar-refractivity contribution >= 4 is 22.6 Å². The van der Waals surface area contributed by atoms with Crippen molar-refractivity contribution in [2.24, 2.45) is 0 Å². The monoisotopic (exact) mass is 476 g/mol. The normalized spacial score (nSPS) is 12.7. The fourth-order valence-corrected chi connectivity index (χ4v) is 4.51. The topological polar surface area (TPSA) is 57.9 Å². The number of halogens is 1. The van der Waals surface area contributed by atoms with Crippen LogP contribution < -0.4 is 19.6 Å². The third-order valence-electron chi connectivity index (χ3n) is 5.88. The van der Waals surface area contributed by atoms with Crippen molar-refractivity contribution in [3.05, 3.63) is 86.7 Å². The predicted octanol–water partition coefficient (Wildman–Crippen LogP) is 6.72. The van der Waals surface area contributed by atoms with Crippen molar-refractivity contribution in [2.75, 3.05) is 13.2 Å². The van der Waals surface area contributed by atoms with E-state index < -0.39 is 0 Å². The average Bonchev–Trinajstić information content (AvgIpc) is 2.83. The molecule has 4 aromatic rings. The summed E-state index contributed by atoms with van der Waals surface area (Å²) in [6.07, 6.45) is 1.71. The van der Waals surface area contributed by atoms with Gasteiger partial charge in [0.15, 0.2) is 11.5 Å². The van der Waals surface area contributed by atoms with Gasteiger partial charge in [-0.2, -0.15) is 0 Å². The van der Waals surface area contributed by atoms with Gasteiger partial charge in [0, 0.05) is 11.1 Å². The molecule has 34 heavy (non-hydrogen) atoms. The smallest absolute Gasteiger partial charge is 0.200 e. The molecule has 1 aliphatic rings. The number of hydrogen-bond donors (Lipinski definition) is 0. The predicted molar refractivity (Wildman–Crippen MR) is 133 cm³/mol. The minimum Gasteiger partial charge on any atom is -0.488 e. The number of fused-ring (bicyclic) bond motifs is 2. The van der Waals surface area contributed by atoms with E-state index in [1.54, 1.807) is 6.92 Å². The number of benzene rings is 3. The Balaban J connectivity index is 1.56. The summed E-state index contributed by atoms with van der Waals surface area (Å²) < 4.78 is 23.6. The molecule has 0 amide bonds. The van der Waals surface area contributed by atoms with E-state index in [9.17, 15) is 4.79 Å². The highest BCUT2D eigenvalue weighted by Crippen LogP contribution is 2.36. The Morgan fingerprint density at radius 3 is 2.62 bits per heavy atom. The Kier molecular flexibility index (Phi) is 6.20. The van der Waals surface area contributed by atoms with Crippen molar-refractivity contribution in [3.8, 4) is 28.4 Å². The van der Waals surface area contributed by atoms with E-state index in [1.807, 2.05) is 54.6 Å². The summed E-state index contributed by atoms with van der Waals surface area (Å²) in [7, 11) is 0. The highest BCUT2D eigenvalue weighted by atomic mass is 35.5. The molecule has 6 heteroatoms. The van der Waals surface area contributed by atoms with Crippen LogP contribution in [-0.2, 0) is 13.0 Å². The lowest BCUT2D eigenvalue weighted by molar-refractivity contribution is 0.171. The molecule has 5 nitrogen and oxygen atoms in total. The number of aryl methyl sites for hydroxylation is 2. The molecule has 0 fully saturated rings. The number of ether oxygens (including phenoxy) is 3. The molecule has 0 N–H and O–H groups in total. The van der Waals surface area contributed by atoms with Crippen LogP contribution in [0.5, 0.6) is 17.2 Å². The second kappa shape index (κ2) is 9.43. The molecular weight excluding hydrogens is 452 g/mol. The maximum Gasteiger partial charge on any atom is 0.200 e. The van der Waals surface area contributed by atoms with E-state index in [1.165, 1.54) is 0 Å². The van der Waals surface area contributed by atoms with Crippen LogP contribution in [0.25, 0.3) is 22.1 Å². The van der Waals surface area contributed by atoms with E-state index >= 15 is 0 Å². The summed E-state index contributed by atoms with van der Waals surface area (Å²) in [5.74, 6) is 2.57. The van der Waals surface area contributed by atoms with Crippen LogP contribution >= 0.6 is 11.6 Å². The third-order valence-corrected chi connectivity index (χ3v) is 6.12.